The van der Waals surface area contributed by atoms with E-state index in [4.69, 9.17) is 11.2 Å². The third-order valence-corrected chi connectivity index (χ3v) is 5.52. The highest BCUT2D eigenvalue weighted by molar-refractivity contribution is 7.99. The number of anilines is 1. The Hall–Kier alpha value is -2.26. The first-order chi connectivity index (χ1) is 13.2. The number of ether oxygens (including phenoxy) is 1. The van der Waals surface area contributed by atoms with Crippen molar-refractivity contribution in [1.29, 1.82) is 0 Å². The first-order valence-electron chi connectivity index (χ1n) is 9.14. The smallest absolute Gasteiger partial charge is 0.238 e. The van der Waals surface area contributed by atoms with Gasteiger partial charge in [-0.2, -0.15) is 0 Å². The summed E-state index contributed by atoms with van der Waals surface area (Å²) < 4.78 is 5.59. The topological polar surface area (TPSA) is 41.6 Å². The third-order valence-electron chi connectivity index (χ3n) is 4.44. The number of rotatable bonds is 7. The summed E-state index contributed by atoms with van der Waals surface area (Å²) >= 11 is 1.65. The van der Waals surface area contributed by atoms with E-state index in [0.29, 0.717) is 13.2 Å². The maximum absolute atomic E-state index is 12.5. The molecule has 1 aliphatic rings. The molecule has 140 valence electrons. The second-order valence-electron chi connectivity index (χ2n) is 6.45. The second-order valence-corrected chi connectivity index (χ2v) is 7.57. The molecule has 0 radical (unpaired) electrons. The van der Waals surface area contributed by atoms with Crippen molar-refractivity contribution < 1.29 is 9.53 Å². The molecule has 1 N–H and O–H groups in total. The van der Waals surface area contributed by atoms with Crippen LogP contribution in [0.3, 0.4) is 0 Å². The number of nitrogens with zero attached hydrogens (tertiary/aromatic N) is 1. The van der Waals surface area contributed by atoms with Crippen LogP contribution in [-0.4, -0.2) is 43.2 Å². The van der Waals surface area contributed by atoms with Crippen molar-refractivity contribution in [2.45, 2.75) is 28.7 Å². The summed E-state index contributed by atoms with van der Waals surface area (Å²) in [7, 11) is 0. The van der Waals surface area contributed by atoms with E-state index in [9.17, 15) is 4.79 Å². The molecule has 0 spiro atoms. The zero-order valence-electron chi connectivity index (χ0n) is 15.3. The van der Waals surface area contributed by atoms with Crippen molar-refractivity contribution in [3.63, 3.8) is 0 Å². The third kappa shape index (κ3) is 6.14. The van der Waals surface area contributed by atoms with Crippen molar-refractivity contribution in [3.05, 3.63) is 54.6 Å². The zero-order valence-corrected chi connectivity index (χ0v) is 16.1. The van der Waals surface area contributed by atoms with Gasteiger partial charge in [0.15, 0.2) is 0 Å². The molecule has 1 heterocycles. The van der Waals surface area contributed by atoms with Crippen molar-refractivity contribution in [3.8, 4) is 12.3 Å². The maximum Gasteiger partial charge on any atom is 0.238 e. The Balaban J connectivity index is 1.52. The largest absolute Gasteiger partial charge is 0.365 e. The van der Waals surface area contributed by atoms with Crippen molar-refractivity contribution in [2.75, 3.05) is 31.6 Å². The van der Waals surface area contributed by atoms with Crippen LogP contribution in [0.15, 0.2) is 64.4 Å². The number of likely N-dealkylation sites (tertiary alicyclic amines) is 1. The standard InChI is InChI=1S/C22H24N2O2S/c1-2-16-26-18-12-14-24(15-13-18)17-22(25)23-20-10-6-7-11-21(20)27-19-8-4-3-5-9-19/h1,3-11,18H,12-17H2,(H,23,25). The van der Waals surface area contributed by atoms with E-state index in [1.54, 1.807) is 11.8 Å². The first kappa shape index (κ1) is 19.5. The van der Waals surface area contributed by atoms with E-state index in [0.717, 1.165) is 41.4 Å². The normalized spacial score (nSPS) is 15.2. The molecule has 0 bridgehead atoms. The van der Waals surface area contributed by atoms with Gasteiger partial charge in [-0.1, -0.05) is 48.0 Å². The number of para-hydroxylation sites is 1. The van der Waals surface area contributed by atoms with E-state index in [1.807, 2.05) is 42.5 Å². The number of piperidine rings is 1. The molecule has 0 unspecified atom stereocenters. The van der Waals surface area contributed by atoms with Crippen molar-refractivity contribution in [1.82, 2.24) is 4.90 Å². The van der Waals surface area contributed by atoms with E-state index in [-0.39, 0.29) is 12.0 Å². The molecular formula is C22H24N2O2S. The van der Waals surface area contributed by atoms with E-state index in [1.165, 1.54) is 0 Å². The lowest BCUT2D eigenvalue weighted by atomic mass is 10.1. The lowest BCUT2D eigenvalue weighted by Gasteiger charge is -2.31. The molecule has 0 atom stereocenters. The average Bonchev–Trinajstić information content (AvgIpc) is 2.70. The molecule has 27 heavy (non-hydrogen) atoms. The van der Waals surface area contributed by atoms with Crippen LogP contribution in [-0.2, 0) is 9.53 Å². The van der Waals surface area contributed by atoms with Gasteiger partial charge in [0, 0.05) is 22.9 Å². The summed E-state index contributed by atoms with van der Waals surface area (Å²) in [6.07, 6.45) is 7.27. The van der Waals surface area contributed by atoms with Crippen LogP contribution in [0.4, 0.5) is 5.69 Å². The maximum atomic E-state index is 12.5. The van der Waals surface area contributed by atoms with Gasteiger partial charge in [0.2, 0.25) is 5.91 Å². The van der Waals surface area contributed by atoms with Gasteiger partial charge in [-0.05, 0) is 37.1 Å². The van der Waals surface area contributed by atoms with Crippen molar-refractivity contribution >= 4 is 23.4 Å². The Bertz CT molecular complexity index is 780. The summed E-state index contributed by atoms with van der Waals surface area (Å²) in [6, 6.07) is 18.1. The van der Waals surface area contributed by atoms with E-state index >= 15 is 0 Å². The van der Waals surface area contributed by atoms with E-state index < -0.39 is 0 Å². The first-order valence-corrected chi connectivity index (χ1v) is 9.95. The van der Waals surface area contributed by atoms with Gasteiger partial charge in [0.1, 0.15) is 6.61 Å². The van der Waals surface area contributed by atoms with Crippen LogP contribution < -0.4 is 5.32 Å². The van der Waals surface area contributed by atoms with E-state index in [2.05, 4.69) is 28.3 Å². The summed E-state index contributed by atoms with van der Waals surface area (Å²) in [5, 5.41) is 3.06. The molecule has 1 amide bonds. The van der Waals surface area contributed by atoms with Crippen LogP contribution in [0.1, 0.15) is 12.8 Å². The predicted molar refractivity (Wildman–Crippen MR) is 110 cm³/mol. The fraction of sp³-hybridized carbons (Fsp3) is 0.318. The zero-order chi connectivity index (χ0) is 18.9. The minimum Gasteiger partial charge on any atom is -0.365 e. The lowest BCUT2D eigenvalue weighted by molar-refractivity contribution is -0.118. The minimum atomic E-state index is 0.0131. The number of hydrogen-bond acceptors (Lipinski definition) is 4. The number of hydrogen-bond donors (Lipinski definition) is 1. The van der Waals surface area contributed by atoms with Crippen molar-refractivity contribution in [2.24, 2.45) is 0 Å². The summed E-state index contributed by atoms with van der Waals surface area (Å²) in [5.41, 5.74) is 0.851. The second kappa shape index (κ2) is 10.2. The van der Waals surface area contributed by atoms with Gasteiger partial charge in [-0.3, -0.25) is 9.69 Å². The average molecular weight is 381 g/mol. The quantitative estimate of drug-likeness (QED) is 0.740. The highest BCUT2D eigenvalue weighted by atomic mass is 32.2. The molecule has 2 aromatic carbocycles. The monoisotopic (exact) mass is 380 g/mol. The number of benzene rings is 2. The molecule has 3 rings (SSSR count). The Morgan fingerprint density at radius 2 is 1.85 bits per heavy atom. The number of amides is 1. The molecule has 4 nitrogen and oxygen atoms in total. The SMILES string of the molecule is C#CCOC1CCN(CC(=O)Nc2ccccc2Sc2ccccc2)CC1. The molecule has 5 heteroatoms. The molecular weight excluding hydrogens is 356 g/mol. The molecule has 1 saturated heterocycles. The molecule has 0 aliphatic carbocycles. The number of terminal acetylenes is 1. The highest BCUT2D eigenvalue weighted by Gasteiger charge is 2.21. The number of nitrogens with one attached hydrogen (secondary N) is 1. The minimum absolute atomic E-state index is 0.0131. The van der Waals surface area contributed by atoms with Gasteiger partial charge in [0.25, 0.3) is 0 Å². The lowest BCUT2D eigenvalue weighted by Crippen LogP contribution is -2.41. The summed E-state index contributed by atoms with van der Waals surface area (Å²) in [4.78, 5) is 16.9. The van der Waals surface area contributed by atoms with Crippen LogP contribution in [0.2, 0.25) is 0 Å². The Morgan fingerprint density at radius 3 is 2.59 bits per heavy atom. The molecule has 0 saturated carbocycles. The fourth-order valence-corrected chi connectivity index (χ4v) is 3.99. The number of carbonyl (C=O) groups excluding carboxylic acids is 1. The summed E-state index contributed by atoms with van der Waals surface area (Å²) in [6.45, 7) is 2.46. The Kier molecular flexibility index (Phi) is 7.35. The van der Waals surface area contributed by atoms with Gasteiger partial charge in [-0.15, -0.1) is 6.42 Å². The van der Waals surface area contributed by atoms with Crippen LogP contribution in [0.5, 0.6) is 0 Å². The van der Waals surface area contributed by atoms with Crippen LogP contribution in [0.25, 0.3) is 0 Å². The molecule has 2 aromatic rings. The molecule has 1 fully saturated rings. The molecule has 0 aromatic heterocycles. The Labute approximate surface area is 165 Å². The Morgan fingerprint density at radius 1 is 1.15 bits per heavy atom. The van der Waals surface area contributed by atoms with Gasteiger partial charge < -0.3 is 10.1 Å². The highest BCUT2D eigenvalue weighted by Crippen LogP contribution is 2.33. The van der Waals surface area contributed by atoms with Gasteiger partial charge >= 0.3 is 0 Å². The fourth-order valence-electron chi connectivity index (χ4n) is 3.07. The van der Waals surface area contributed by atoms with Crippen LogP contribution in [0, 0.1) is 12.3 Å². The van der Waals surface area contributed by atoms with Crippen LogP contribution >= 0.6 is 11.8 Å². The summed E-state index contributed by atoms with van der Waals surface area (Å²) in [5.74, 6) is 2.52. The molecule has 1 aliphatic heterocycles. The van der Waals surface area contributed by atoms with Gasteiger partial charge in [-0.25, -0.2) is 0 Å². The van der Waals surface area contributed by atoms with Gasteiger partial charge in [0.05, 0.1) is 18.3 Å². The number of carbonyl (C=O) groups is 1. The predicted octanol–water partition coefficient (Wildman–Crippen LogP) is 3.89.